The molecule has 0 unspecified atom stereocenters. The summed E-state index contributed by atoms with van der Waals surface area (Å²) in [5.41, 5.74) is 2.57. The van der Waals surface area contributed by atoms with E-state index in [0.29, 0.717) is 24.0 Å². The van der Waals surface area contributed by atoms with Crippen molar-refractivity contribution in [2.75, 3.05) is 50.0 Å². The Hall–Kier alpha value is -2.47. The molecule has 6 rings (SSSR count). The molecule has 180 valence electrons. The van der Waals surface area contributed by atoms with Crippen molar-refractivity contribution in [3.8, 4) is 0 Å². The molecular weight excluding hydrogens is 543 g/mol. The number of fused-ring (bicyclic) bond motifs is 4. The van der Waals surface area contributed by atoms with Crippen LogP contribution in [0.4, 0.5) is 17.5 Å². The summed E-state index contributed by atoms with van der Waals surface area (Å²) in [5.74, 6) is 1.18. The van der Waals surface area contributed by atoms with E-state index in [2.05, 4.69) is 48.1 Å². The number of likely N-dealkylation sites (N-methyl/N-ethyl adjacent to an activating group) is 1. The molecule has 10 heteroatoms. The van der Waals surface area contributed by atoms with Gasteiger partial charge in [0.2, 0.25) is 5.95 Å². The topological polar surface area (TPSA) is 91.2 Å². The third-order valence-corrected chi connectivity index (χ3v) is 7.47. The van der Waals surface area contributed by atoms with Crippen molar-refractivity contribution >= 4 is 58.4 Å². The second-order valence-corrected chi connectivity index (χ2v) is 9.62. The Morgan fingerprint density at radius 3 is 2.56 bits per heavy atom. The van der Waals surface area contributed by atoms with Gasteiger partial charge in [-0.15, -0.1) is 24.0 Å². The number of anilines is 3. The highest BCUT2D eigenvalue weighted by Crippen LogP contribution is 2.40. The van der Waals surface area contributed by atoms with Gasteiger partial charge in [0.05, 0.1) is 17.4 Å². The van der Waals surface area contributed by atoms with E-state index >= 15 is 0 Å². The second-order valence-electron chi connectivity index (χ2n) is 9.62. The standard InChI is InChI=1S/C24H30N8O.HI/c1-30-9-11-31(12-10-30)18-5-6-20(25-15-18)28-23-26-14-17-13-19-22(33)27-16-24(7-3-2-4-8-24)32(19)21(17)29-23;/h5-6,13-15H,2-4,7-12,16H2,1H3,(H,27,33)(H,25,26,28,29);1H. The zero-order valence-corrected chi connectivity index (χ0v) is 21.8. The van der Waals surface area contributed by atoms with Crippen molar-refractivity contribution in [1.29, 1.82) is 0 Å². The number of piperazine rings is 1. The SMILES string of the molecule is CN1CCN(c2ccc(Nc3ncc4cc5n(c4n3)C3(CCCCC3)CNC5=O)nc2)CC1.I. The molecule has 1 amide bonds. The van der Waals surface area contributed by atoms with Gasteiger partial charge in [-0.2, -0.15) is 4.98 Å². The zero-order chi connectivity index (χ0) is 22.4. The summed E-state index contributed by atoms with van der Waals surface area (Å²) in [6.07, 6.45) is 9.44. The largest absolute Gasteiger partial charge is 0.368 e. The molecule has 2 N–H and O–H groups in total. The molecule has 1 saturated heterocycles. The van der Waals surface area contributed by atoms with Crippen LogP contribution in [0.2, 0.25) is 0 Å². The van der Waals surface area contributed by atoms with Crippen LogP contribution in [0, 0.1) is 0 Å². The number of pyridine rings is 1. The third kappa shape index (κ3) is 4.10. The van der Waals surface area contributed by atoms with Gasteiger partial charge >= 0.3 is 0 Å². The Morgan fingerprint density at radius 2 is 1.82 bits per heavy atom. The smallest absolute Gasteiger partial charge is 0.268 e. The number of halogens is 1. The lowest BCUT2D eigenvalue weighted by Crippen LogP contribution is -2.52. The van der Waals surface area contributed by atoms with Crippen molar-refractivity contribution in [2.45, 2.75) is 37.6 Å². The molecule has 1 aliphatic carbocycles. The molecule has 34 heavy (non-hydrogen) atoms. The normalized spacial score (nSPS) is 20.0. The number of nitrogens with one attached hydrogen (secondary N) is 2. The summed E-state index contributed by atoms with van der Waals surface area (Å²) in [7, 11) is 2.16. The van der Waals surface area contributed by atoms with Gasteiger partial charge in [0, 0.05) is 44.3 Å². The zero-order valence-electron chi connectivity index (χ0n) is 19.5. The summed E-state index contributed by atoms with van der Waals surface area (Å²) in [5, 5.41) is 7.27. The Bertz CT molecular complexity index is 1180. The Morgan fingerprint density at radius 1 is 1.03 bits per heavy atom. The van der Waals surface area contributed by atoms with Crippen molar-refractivity contribution < 1.29 is 4.79 Å². The van der Waals surface area contributed by atoms with Gasteiger partial charge in [-0.3, -0.25) is 4.79 Å². The summed E-state index contributed by atoms with van der Waals surface area (Å²) >= 11 is 0. The van der Waals surface area contributed by atoms with Crippen molar-refractivity contribution in [2.24, 2.45) is 0 Å². The molecule has 0 radical (unpaired) electrons. The van der Waals surface area contributed by atoms with Crippen LogP contribution in [0.15, 0.2) is 30.6 Å². The maximum atomic E-state index is 12.6. The van der Waals surface area contributed by atoms with E-state index in [4.69, 9.17) is 4.98 Å². The number of carbonyl (C=O) groups is 1. The van der Waals surface area contributed by atoms with Crippen LogP contribution in [-0.2, 0) is 5.54 Å². The Balaban J connectivity index is 0.00000241. The average molecular weight is 574 g/mol. The lowest BCUT2D eigenvalue weighted by molar-refractivity contribution is 0.0833. The van der Waals surface area contributed by atoms with Crippen LogP contribution >= 0.6 is 24.0 Å². The number of carbonyl (C=O) groups excluding carboxylic acids is 1. The van der Waals surface area contributed by atoms with E-state index in [1.807, 2.05) is 18.3 Å². The van der Waals surface area contributed by atoms with E-state index in [1.54, 1.807) is 6.20 Å². The maximum absolute atomic E-state index is 12.6. The number of nitrogens with zero attached hydrogens (tertiary/aromatic N) is 6. The quantitative estimate of drug-likeness (QED) is 0.464. The molecule has 0 aromatic carbocycles. The van der Waals surface area contributed by atoms with Gasteiger partial charge < -0.3 is 25.0 Å². The first kappa shape index (κ1) is 23.3. The Kier molecular flexibility index (Phi) is 6.36. The fraction of sp³-hybridized carbons (Fsp3) is 0.500. The minimum absolute atomic E-state index is 0. The first-order valence-corrected chi connectivity index (χ1v) is 12.0. The molecule has 3 aliphatic rings. The molecular formula is C24H31IN8O. The van der Waals surface area contributed by atoms with Crippen molar-refractivity contribution in [3.05, 3.63) is 36.3 Å². The number of rotatable bonds is 3. The molecule has 1 saturated carbocycles. The highest BCUT2D eigenvalue weighted by Gasteiger charge is 2.41. The van der Waals surface area contributed by atoms with E-state index in [0.717, 1.165) is 55.7 Å². The number of amides is 1. The monoisotopic (exact) mass is 574 g/mol. The van der Waals surface area contributed by atoms with Crippen LogP contribution in [-0.4, -0.2) is 70.1 Å². The molecule has 0 bridgehead atoms. The minimum atomic E-state index is -0.0860. The summed E-state index contributed by atoms with van der Waals surface area (Å²) in [6, 6.07) is 6.00. The highest BCUT2D eigenvalue weighted by molar-refractivity contribution is 14.0. The molecule has 3 aromatic rings. The lowest BCUT2D eigenvalue weighted by Gasteiger charge is -2.42. The van der Waals surface area contributed by atoms with Crippen LogP contribution in [0.5, 0.6) is 0 Å². The van der Waals surface area contributed by atoms with E-state index < -0.39 is 0 Å². The molecule has 2 fully saturated rings. The predicted molar refractivity (Wildman–Crippen MR) is 144 cm³/mol. The van der Waals surface area contributed by atoms with Gasteiger partial charge in [-0.25, -0.2) is 9.97 Å². The summed E-state index contributed by atoms with van der Waals surface area (Å²) in [6.45, 7) is 4.83. The van der Waals surface area contributed by atoms with Crippen molar-refractivity contribution in [3.63, 3.8) is 0 Å². The average Bonchev–Trinajstić information content (AvgIpc) is 3.24. The lowest BCUT2D eigenvalue weighted by atomic mass is 9.80. The highest BCUT2D eigenvalue weighted by atomic mass is 127. The summed E-state index contributed by atoms with van der Waals surface area (Å²) in [4.78, 5) is 31.3. The minimum Gasteiger partial charge on any atom is -0.368 e. The van der Waals surface area contributed by atoms with Gasteiger partial charge in [0.1, 0.15) is 17.2 Å². The van der Waals surface area contributed by atoms with E-state index in [9.17, 15) is 4.79 Å². The van der Waals surface area contributed by atoms with Gasteiger partial charge in [-0.05, 0) is 38.1 Å². The fourth-order valence-electron chi connectivity index (χ4n) is 5.55. The molecule has 0 atom stereocenters. The van der Waals surface area contributed by atoms with E-state index in [-0.39, 0.29) is 35.4 Å². The Labute approximate surface area is 216 Å². The van der Waals surface area contributed by atoms with E-state index in [1.165, 1.54) is 19.3 Å². The first-order chi connectivity index (χ1) is 16.1. The third-order valence-electron chi connectivity index (χ3n) is 7.47. The van der Waals surface area contributed by atoms with Crippen LogP contribution in [0.3, 0.4) is 0 Å². The maximum Gasteiger partial charge on any atom is 0.268 e. The van der Waals surface area contributed by atoms with Crippen LogP contribution in [0.1, 0.15) is 42.6 Å². The van der Waals surface area contributed by atoms with Crippen LogP contribution < -0.4 is 15.5 Å². The number of hydrogen-bond acceptors (Lipinski definition) is 7. The molecule has 2 aliphatic heterocycles. The first-order valence-electron chi connectivity index (χ1n) is 12.0. The predicted octanol–water partition coefficient (Wildman–Crippen LogP) is 3.34. The van der Waals surface area contributed by atoms with Gasteiger partial charge in [-0.1, -0.05) is 19.3 Å². The molecule has 1 spiro atoms. The molecule has 3 aromatic heterocycles. The number of hydrogen-bond donors (Lipinski definition) is 2. The van der Waals surface area contributed by atoms with Gasteiger partial charge in [0.25, 0.3) is 5.91 Å². The van der Waals surface area contributed by atoms with Gasteiger partial charge in [0.15, 0.2) is 0 Å². The van der Waals surface area contributed by atoms with Crippen LogP contribution in [0.25, 0.3) is 11.0 Å². The fourth-order valence-corrected chi connectivity index (χ4v) is 5.55. The summed E-state index contributed by atoms with van der Waals surface area (Å²) < 4.78 is 2.19. The number of aromatic nitrogens is 4. The second kappa shape index (κ2) is 9.29. The van der Waals surface area contributed by atoms with Crippen molar-refractivity contribution in [1.82, 2.24) is 29.7 Å². The molecule has 5 heterocycles. The molecule has 9 nitrogen and oxygen atoms in total.